The van der Waals surface area contributed by atoms with Gasteiger partial charge in [-0.3, -0.25) is 0 Å². The summed E-state index contributed by atoms with van der Waals surface area (Å²) in [5.74, 6) is 0. The van der Waals surface area contributed by atoms with Crippen molar-refractivity contribution < 1.29 is 0 Å². The van der Waals surface area contributed by atoms with Gasteiger partial charge < -0.3 is 9.80 Å². The Bertz CT molecular complexity index is 1780. The fourth-order valence-electron chi connectivity index (χ4n) is 5.97. The molecular weight excluding hydrogens is 544 g/mol. The van der Waals surface area contributed by atoms with Crippen molar-refractivity contribution in [2.24, 2.45) is 0 Å². The van der Waals surface area contributed by atoms with Gasteiger partial charge in [0.05, 0.1) is 0 Å². The molecule has 6 aromatic rings. The number of aryl methyl sites for hydroxylation is 7. The van der Waals surface area contributed by atoms with E-state index in [1.54, 1.807) is 0 Å². The van der Waals surface area contributed by atoms with Crippen LogP contribution in [0.25, 0.3) is 0 Å². The van der Waals surface area contributed by atoms with E-state index in [2.05, 4.69) is 184 Å². The van der Waals surface area contributed by atoms with E-state index in [0.29, 0.717) is 0 Å². The fourth-order valence-corrected chi connectivity index (χ4v) is 5.97. The maximum Gasteiger partial charge on any atom is 0.0466 e. The first-order valence-electron chi connectivity index (χ1n) is 15.9. The Labute approximate surface area is 269 Å². The quantitative estimate of drug-likeness (QED) is 0.166. The number of benzene rings is 6. The first kappa shape index (κ1) is 30.0. The van der Waals surface area contributed by atoms with Gasteiger partial charge >= 0.3 is 0 Å². The molecule has 0 radical (unpaired) electrons. The Morgan fingerprint density at radius 3 is 0.867 bits per heavy atom. The van der Waals surface area contributed by atoms with E-state index in [0.717, 1.165) is 24.2 Å². The molecule has 0 aliphatic rings. The number of hydrogen-bond acceptors (Lipinski definition) is 2. The summed E-state index contributed by atoms with van der Waals surface area (Å²) in [7, 11) is 0. The summed E-state index contributed by atoms with van der Waals surface area (Å²) in [5, 5.41) is 0. The maximum atomic E-state index is 2.36. The first-order valence-corrected chi connectivity index (χ1v) is 15.9. The second-order valence-electron chi connectivity index (χ2n) is 12.4. The van der Waals surface area contributed by atoms with E-state index in [9.17, 15) is 0 Å². The molecule has 0 spiro atoms. The number of hydrogen-bond donors (Lipinski definition) is 0. The van der Waals surface area contributed by atoms with Crippen LogP contribution >= 0.6 is 0 Å². The molecule has 6 aromatic carbocycles. The second kappa shape index (κ2) is 13.3. The van der Waals surface area contributed by atoms with E-state index in [-0.39, 0.29) is 0 Å². The molecule has 0 heterocycles. The number of anilines is 6. The largest absolute Gasteiger partial charge is 0.311 e. The Hall–Kier alpha value is -5.08. The molecule has 224 valence electrons. The van der Waals surface area contributed by atoms with Crippen molar-refractivity contribution in [3.8, 4) is 0 Å². The fraction of sp³-hybridized carbons (Fsp3) is 0.163. The van der Waals surface area contributed by atoms with E-state index >= 15 is 0 Å². The van der Waals surface area contributed by atoms with Gasteiger partial charge in [-0.05, 0) is 143 Å². The van der Waals surface area contributed by atoms with Gasteiger partial charge in [0.25, 0.3) is 0 Å². The Morgan fingerprint density at radius 1 is 0.289 bits per heavy atom. The number of rotatable bonds is 9. The van der Waals surface area contributed by atoms with E-state index in [1.807, 2.05) is 0 Å². The van der Waals surface area contributed by atoms with Crippen LogP contribution in [-0.2, 0) is 12.8 Å². The molecule has 0 fully saturated rings. The van der Waals surface area contributed by atoms with Crippen molar-refractivity contribution >= 4 is 34.1 Å². The third kappa shape index (κ3) is 7.19. The van der Waals surface area contributed by atoms with Crippen LogP contribution in [0.4, 0.5) is 34.1 Å². The highest BCUT2D eigenvalue weighted by molar-refractivity contribution is 5.78. The lowest BCUT2D eigenvalue weighted by Crippen LogP contribution is -2.10. The predicted octanol–water partition coefficient (Wildman–Crippen LogP) is 12.0. The third-order valence-corrected chi connectivity index (χ3v) is 8.43. The summed E-state index contributed by atoms with van der Waals surface area (Å²) in [5.41, 5.74) is 16.0. The molecule has 0 aliphatic heterocycles. The van der Waals surface area contributed by atoms with Gasteiger partial charge in [0, 0.05) is 34.1 Å². The average molecular weight is 587 g/mol. The summed E-state index contributed by atoms with van der Waals surface area (Å²) < 4.78 is 0. The van der Waals surface area contributed by atoms with Crippen molar-refractivity contribution in [3.63, 3.8) is 0 Å². The van der Waals surface area contributed by atoms with Crippen molar-refractivity contribution in [1.29, 1.82) is 0 Å². The minimum atomic E-state index is 0.993. The minimum Gasteiger partial charge on any atom is -0.311 e. The predicted molar refractivity (Wildman–Crippen MR) is 193 cm³/mol. The molecule has 0 aromatic heterocycles. The number of nitrogens with zero attached hydrogens (tertiary/aromatic N) is 2. The van der Waals surface area contributed by atoms with Crippen LogP contribution in [-0.4, -0.2) is 0 Å². The molecule has 0 unspecified atom stereocenters. The van der Waals surface area contributed by atoms with E-state index in [1.165, 1.54) is 61.7 Å². The van der Waals surface area contributed by atoms with Gasteiger partial charge in [-0.15, -0.1) is 0 Å². The zero-order valence-electron chi connectivity index (χ0n) is 27.1. The summed E-state index contributed by atoms with van der Waals surface area (Å²) in [6.45, 7) is 10.7. The average Bonchev–Trinajstić information content (AvgIpc) is 3.04. The zero-order chi connectivity index (χ0) is 31.3. The zero-order valence-corrected chi connectivity index (χ0v) is 27.1. The third-order valence-electron chi connectivity index (χ3n) is 8.43. The summed E-state index contributed by atoms with van der Waals surface area (Å²) in [4.78, 5) is 4.69. The summed E-state index contributed by atoms with van der Waals surface area (Å²) in [6.07, 6.45) is 1.99. The molecular formula is C43H42N2. The highest BCUT2D eigenvalue weighted by Crippen LogP contribution is 2.37. The smallest absolute Gasteiger partial charge is 0.0466 e. The lowest BCUT2D eigenvalue weighted by Gasteiger charge is -2.26. The standard InChI is InChI=1S/C43H42N2/c1-31-6-18-38(19-7-31)44(39-20-8-32(2)9-21-39)41-24-14-36(15-25-41)12-13-37-16-26-42(27-17-37)45(40-22-10-33(3)11-23-40)43-29-34(4)28-35(5)30-43/h6-11,14-30H,12-13H2,1-5H3. The molecule has 2 nitrogen and oxygen atoms in total. The van der Waals surface area contributed by atoms with Gasteiger partial charge in [-0.25, -0.2) is 0 Å². The molecule has 0 saturated heterocycles. The molecule has 45 heavy (non-hydrogen) atoms. The molecule has 0 bridgehead atoms. The topological polar surface area (TPSA) is 6.48 Å². The molecule has 6 rings (SSSR count). The van der Waals surface area contributed by atoms with Gasteiger partial charge in [0.1, 0.15) is 0 Å². The summed E-state index contributed by atoms with van der Waals surface area (Å²) >= 11 is 0. The van der Waals surface area contributed by atoms with Crippen molar-refractivity contribution in [2.45, 2.75) is 47.5 Å². The lowest BCUT2D eigenvalue weighted by molar-refractivity contribution is 0.959. The molecule has 0 aliphatic carbocycles. The van der Waals surface area contributed by atoms with Crippen LogP contribution in [0, 0.1) is 34.6 Å². The van der Waals surface area contributed by atoms with Crippen LogP contribution < -0.4 is 9.80 Å². The summed E-state index contributed by atoms with van der Waals surface area (Å²) in [6, 6.07) is 51.2. The maximum absolute atomic E-state index is 2.36. The van der Waals surface area contributed by atoms with Crippen molar-refractivity contribution in [2.75, 3.05) is 9.80 Å². The van der Waals surface area contributed by atoms with Crippen LogP contribution in [0.5, 0.6) is 0 Å². The van der Waals surface area contributed by atoms with E-state index < -0.39 is 0 Å². The van der Waals surface area contributed by atoms with Gasteiger partial charge in [0.2, 0.25) is 0 Å². The van der Waals surface area contributed by atoms with Crippen LogP contribution in [0.1, 0.15) is 38.9 Å². The van der Waals surface area contributed by atoms with Crippen molar-refractivity contribution in [3.05, 3.63) is 178 Å². The monoisotopic (exact) mass is 586 g/mol. The van der Waals surface area contributed by atoms with Crippen molar-refractivity contribution in [1.82, 2.24) is 0 Å². The highest BCUT2D eigenvalue weighted by atomic mass is 15.1. The SMILES string of the molecule is Cc1ccc(N(c2ccc(C)cc2)c2ccc(CCc3ccc(N(c4ccc(C)cc4)c4cc(C)cc(C)c4)cc3)cc2)cc1. The van der Waals surface area contributed by atoms with Crippen LogP contribution in [0.15, 0.2) is 140 Å². The highest BCUT2D eigenvalue weighted by Gasteiger charge is 2.14. The van der Waals surface area contributed by atoms with Crippen LogP contribution in [0.3, 0.4) is 0 Å². The Kier molecular flexibility index (Phi) is 8.84. The van der Waals surface area contributed by atoms with Gasteiger partial charge in [0.15, 0.2) is 0 Å². The second-order valence-corrected chi connectivity index (χ2v) is 12.4. The lowest BCUT2D eigenvalue weighted by atomic mass is 10.0. The molecule has 0 amide bonds. The van der Waals surface area contributed by atoms with Crippen LogP contribution in [0.2, 0.25) is 0 Å². The first-order chi connectivity index (χ1) is 21.8. The molecule has 0 N–H and O–H groups in total. The Morgan fingerprint density at radius 2 is 0.556 bits per heavy atom. The molecule has 2 heteroatoms. The normalized spacial score (nSPS) is 11.0. The molecule has 0 atom stereocenters. The van der Waals surface area contributed by atoms with E-state index in [4.69, 9.17) is 0 Å². The van der Waals surface area contributed by atoms with Gasteiger partial charge in [-0.1, -0.05) is 83.4 Å². The molecule has 0 saturated carbocycles. The minimum absolute atomic E-state index is 0.993. The Balaban J connectivity index is 1.20. The van der Waals surface area contributed by atoms with Gasteiger partial charge in [-0.2, -0.15) is 0 Å².